The summed E-state index contributed by atoms with van der Waals surface area (Å²) in [6.45, 7) is 1.38. The lowest BCUT2D eigenvalue weighted by atomic mass is 9.95. The number of hydrogen-bond donors (Lipinski definition) is 1. The first-order chi connectivity index (χ1) is 11.2. The molecule has 1 aliphatic heterocycles. The number of halogens is 2. The Balaban J connectivity index is 1.79. The summed E-state index contributed by atoms with van der Waals surface area (Å²) in [4.78, 5) is 9.74. The third-order valence-electron chi connectivity index (χ3n) is 4.24. The summed E-state index contributed by atoms with van der Waals surface area (Å²) < 4.78 is 20.1. The molecule has 3 aromatic rings. The molecular formula is C17H15ClFN3O. The van der Waals surface area contributed by atoms with E-state index in [9.17, 15) is 4.39 Å². The highest BCUT2D eigenvalue weighted by molar-refractivity contribution is 6.30. The van der Waals surface area contributed by atoms with Crippen LogP contribution in [0.15, 0.2) is 47.3 Å². The molecule has 0 unspecified atom stereocenters. The van der Waals surface area contributed by atoms with Crippen molar-refractivity contribution in [2.75, 3.05) is 6.54 Å². The van der Waals surface area contributed by atoms with Crippen LogP contribution in [0.2, 0.25) is 5.02 Å². The molecule has 1 N–H and O–H groups in total. The Morgan fingerprint density at radius 3 is 3.09 bits per heavy atom. The number of rotatable bonds is 3. The fraction of sp³-hybridized carbons (Fsp3) is 0.235. The zero-order valence-electron chi connectivity index (χ0n) is 12.3. The maximum atomic E-state index is 14.6. The van der Waals surface area contributed by atoms with E-state index >= 15 is 0 Å². The molecule has 2 aromatic heterocycles. The van der Waals surface area contributed by atoms with Crippen LogP contribution in [0.25, 0.3) is 0 Å². The SMILES string of the molecule is Fc1c(Cl)cccc1[C@H]1c2nc[nH]c2CCN1Cc1ccco1. The third-order valence-corrected chi connectivity index (χ3v) is 4.53. The van der Waals surface area contributed by atoms with Crippen LogP contribution in [-0.2, 0) is 13.0 Å². The van der Waals surface area contributed by atoms with Gasteiger partial charge in [-0.3, -0.25) is 4.90 Å². The maximum absolute atomic E-state index is 14.6. The van der Waals surface area contributed by atoms with Crippen LogP contribution in [-0.4, -0.2) is 21.4 Å². The van der Waals surface area contributed by atoms with Crippen LogP contribution >= 0.6 is 11.6 Å². The van der Waals surface area contributed by atoms with Gasteiger partial charge in [0.25, 0.3) is 0 Å². The summed E-state index contributed by atoms with van der Waals surface area (Å²) in [5, 5.41) is 0.128. The lowest BCUT2D eigenvalue weighted by molar-refractivity contribution is 0.182. The van der Waals surface area contributed by atoms with Gasteiger partial charge in [-0.25, -0.2) is 9.37 Å². The molecular weight excluding hydrogens is 317 g/mol. The minimum atomic E-state index is -0.389. The number of aromatic amines is 1. The van der Waals surface area contributed by atoms with E-state index < -0.39 is 0 Å². The van der Waals surface area contributed by atoms with Gasteiger partial charge in [0.05, 0.1) is 35.9 Å². The molecule has 1 aliphatic rings. The Morgan fingerprint density at radius 1 is 1.35 bits per heavy atom. The Hall–Kier alpha value is -2.11. The van der Waals surface area contributed by atoms with Gasteiger partial charge in [-0.05, 0) is 18.2 Å². The highest BCUT2D eigenvalue weighted by Crippen LogP contribution is 2.37. The zero-order valence-corrected chi connectivity index (χ0v) is 13.1. The molecule has 118 valence electrons. The summed E-state index contributed by atoms with van der Waals surface area (Å²) in [6.07, 6.45) is 4.15. The Kier molecular flexibility index (Phi) is 3.67. The minimum absolute atomic E-state index is 0.128. The average Bonchev–Trinajstić information content (AvgIpc) is 3.21. The molecule has 4 rings (SSSR count). The van der Waals surface area contributed by atoms with Crippen LogP contribution in [0.1, 0.15) is 28.8 Å². The van der Waals surface area contributed by atoms with E-state index in [2.05, 4.69) is 14.9 Å². The van der Waals surface area contributed by atoms with Crippen LogP contribution in [0.4, 0.5) is 4.39 Å². The summed E-state index contributed by atoms with van der Waals surface area (Å²) in [5.74, 6) is 0.455. The van der Waals surface area contributed by atoms with Crippen molar-refractivity contribution in [3.8, 4) is 0 Å². The molecule has 23 heavy (non-hydrogen) atoms. The van der Waals surface area contributed by atoms with Crippen LogP contribution in [0.3, 0.4) is 0 Å². The number of benzene rings is 1. The van der Waals surface area contributed by atoms with Gasteiger partial charge in [0.2, 0.25) is 0 Å². The van der Waals surface area contributed by atoms with Crippen molar-refractivity contribution < 1.29 is 8.81 Å². The number of imidazole rings is 1. The second-order valence-corrected chi connectivity index (χ2v) is 6.02. The zero-order chi connectivity index (χ0) is 15.8. The van der Waals surface area contributed by atoms with E-state index in [4.69, 9.17) is 16.0 Å². The molecule has 0 fully saturated rings. The minimum Gasteiger partial charge on any atom is -0.468 e. The fourth-order valence-corrected chi connectivity index (χ4v) is 3.36. The molecule has 1 atom stereocenters. The van der Waals surface area contributed by atoms with Gasteiger partial charge in [-0.15, -0.1) is 0 Å². The quantitative estimate of drug-likeness (QED) is 0.790. The van der Waals surface area contributed by atoms with Gasteiger partial charge in [0.15, 0.2) is 0 Å². The average molecular weight is 332 g/mol. The predicted octanol–water partition coefficient (Wildman–Crippen LogP) is 3.94. The number of aromatic nitrogens is 2. The van der Waals surface area contributed by atoms with Gasteiger partial charge < -0.3 is 9.40 Å². The van der Waals surface area contributed by atoms with Gasteiger partial charge in [0.1, 0.15) is 11.6 Å². The Bertz CT molecular complexity index is 815. The van der Waals surface area contributed by atoms with Crippen LogP contribution in [0.5, 0.6) is 0 Å². The Morgan fingerprint density at radius 2 is 2.26 bits per heavy atom. The van der Waals surface area contributed by atoms with Gasteiger partial charge in [-0.1, -0.05) is 23.7 Å². The molecule has 0 saturated carbocycles. The summed E-state index contributed by atoms with van der Waals surface area (Å²) in [6, 6.07) is 8.59. The van der Waals surface area contributed by atoms with E-state index in [1.807, 2.05) is 12.1 Å². The standard InChI is InChI=1S/C17H15ClFN3O/c18-13-5-1-4-12(15(13)19)17-16-14(20-10-21-16)6-7-22(17)9-11-3-2-8-23-11/h1-5,8,10,17H,6-7,9H2,(H,20,21)/t17-/m0/s1. The largest absolute Gasteiger partial charge is 0.468 e. The highest BCUT2D eigenvalue weighted by atomic mass is 35.5. The van der Waals surface area contributed by atoms with Crippen molar-refractivity contribution in [3.63, 3.8) is 0 Å². The molecule has 0 bridgehead atoms. The molecule has 0 saturated heterocycles. The second-order valence-electron chi connectivity index (χ2n) is 5.61. The number of H-pyrrole nitrogens is 1. The lowest BCUT2D eigenvalue weighted by Gasteiger charge is -2.34. The fourth-order valence-electron chi connectivity index (χ4n) is 3.17. The van der Waals surface area contributed by atoms with Gasteiger partial charge in [0, 0.05) is 24.2 Å². The first-order valence-corrected chi connectivity index (χ1v) is 7.84. The molecule has 0 aliphatic carbocycles. The summed E-state index contributed by atoms with van der Waals surface area (Å²) >= 11 is 5.98. The van der Waals surface area contributed by atoms with Crippen LogP contribution in [0, 0.1) is 5.82 Å². The first-order valence-electron chi connectivity index (χ1n) is 7.46. The Labute approximate surface area is 137 Å². The normalized spacial score (nSPS) is 18.1. The summed E-state index contributed by atoms with van der Waals surface area (Å²) in [7, 11) is 0. The van der Waals surface area contributed by atoms with Gasteiger partial charge in [-0.2, -0.15) is 0 Å². The molecule has 3 heterocycles. The van der Waals surface area contributed by atoms with E-state index in [1.54, 1.807) is 30.8 Å². The molecule has 1 aromatic carbocycles. The maximum Gasteiger partial charge on any atom is 0.146 e. The monoisotopic (exact) mass is 331 g/mol. The summed E-state index contributed by atoms with van der Waals surface area (Å²) in [5.41, 5.74) is 2.44. The van der Waals surface area contributed by atoms with Crippen molar-refractivity contribution >= 4 is 11.6 Å². The topological polar surface area (TPSA) is 45.1 Å². The smallest absolute Gasteiger partial charge is 0.146 e. The van der Waals surface area contributed by atoms with E-state index in [0.29, 0.717) is 12.1 Å². The molecule has 4 nitrogen and oxygen atoms in total. The van der Waals surface area contributed by atoms with Gasteiger partial charge >= 0.3 is 0 Å². The van der Waals surface area contributed by atoms with Crippen LogP contribution < -0.4 is 0 Å². The third kappa shape index (κ3) is 2.56. The molecule has 0 amide bonds. The highest BCUT2D eigenvalue weighted by Gasteiger charge is 2.33. The number of fused-ring (bicyclic) bond motifs is 1. The predicted molar refractivity (Wildman–Crippen MR) is 84.7 cm³/mol. The van der Waals surface area contributed by atoms with Crippen molar-refractivity contribution in [1.29, 1.82) is 0 Å². The molecule has 0 spiro atoms. The number of furan rings is 1. The second kappa shape index (κ2) is 5.83. The number of nitrogens with zero attached hydrogens (tertiary/aromatic N) is 2. The molecule has 0 radical (unpaired) electrons. The van der Waals surface area contributed by atoms with E-state index in [-0.39, 0.29) is 16.9 Å². The lowest BCUT2D eigenvalue weighted by Crippen LogP contribution is -2.36. The van der Waals surface area contributed by atoms with Crippen molar-refractivity contribution in [2.24, 2.45) is 0 Å². The van der Waals surface area contributed by atoms with Crippen molar-refractivity contribution in [3.05, 3.63) is 76.5 Å². The van der Waals surface area contributed by atoms with Crippen molar-refractivity contribution in [1.82, 2.24) is 14.9 Å². The van der Waals surface area contributed by atoms with E-state index in [0.717, 1.165) is 30.1 Å². The van der Waals surface area contributed by atoms with Crippen molar-refractivity contribution in [2.45, 2.75) is 19.0 Å². The number of hydrogen-bond acceptors (Lipinski definition) is 3. The first kappa shape index (κ1) is 14.5. The molecule has 6 heteroatoms. The number of nitrogens with one attached hydrogen (secondary N) is 1. The van der Waals surface area contributed by atoms with E-state index in [1.165, 1.54) is 0 Å².